The largest absolute Gasteiger partial charge is 0.466 e. The molecular formula is C18H20N2O6. The Bertz CT molecular complexity index is 779. The van der Waals surface area contributed by atoms with Gasteiger partial charge < -0.3 is 9.47 Å². The van der Waals surface area contributed by atoms with Crippen LogP contribution in [0.4, 0.5) is 5.69 Å². The fraction of sp³-hybridized carbons (Fsp3) is 0.389. The van der Waals surface area contributed by atoms with Crippen molar-refractivity contribution < 1.29 is 24.0 Å². The molecule has 0 aromatic heterocycles. The molecule has 0 fully saturated rings. The van der Waals surface area contributed by atoms with E-state index in [-0.39, 0.29) is 24.7 Å². The van der Waals surface area contributed by atoms with E-state index < -0.39 is 16.8 Å². The molecule has 1 aromatic carbocycles. The molecule has 1 heterocycles. The van der Waals surface area contributed by atoms with Crippen molar-refractivity contribution in [3.63, 3.8) is 0 Å². The average Bonchev–Trinajstić information content (AvgIpc) is 2.60. The second kappa shape index (κ2) is 8.37. The van der Waals surface area contributed by atoms with Crippen molar-refractivity contribution in [2.75, 3.05) is 13.7 Å². The van der Waals surface area contributed by atoms with Gasteiger partial charge in [-0.2, -0.15) is 0 Å². The van der Waals surface area contributed by atoms with E-state index in [2.05, 4.69) is 4.99 Å². The summed E-state index contributed by atoms with van der Waals surface area (Å²) in [5.41, 5.74) is 2.12. The zero-order valence-electron chi connectivity index (χ0n) is 14.9. The summed E-state index contributed by atoms with van der Waals surface area (Å²) in [6.07, 6.45) is 0.363. The Labute approximate surface area is 150 Å². The van der Waals surface area contributed by atoms with Crippen LogP contribution in [0.1, 0.15) is 38.2 Å². The Morgan fingerprint density at radius 3 is 2.50 bits per heavy atom. The van der Waals surface area contributed by atoms with Gasteiger partial charge in [0.25, 0.3) is 5.69 Å². The van der Waals surface area contributed by atoms with Gasteiger partial charge in [-0.25, -0.2) is 4.79 Å². The Balaban J connectivity index is 2.38. The van der Waals surface area contributed by atoms with Gasteiger partial charge in [-0.15, -0.1) is 0 Å². The van der Waals surface area contributed by atoms with Crippen LogP contribution in [-0.2, 0) is 19.1 Å². The Morgan fingerprint density at radius 2 is 1.96 bits per heavy atom. The van der Waals surface area contributed by atoms with Gasteiger partial charge in [0.15, 0.2) is 0 Å². The molecule has 0 saturated heterocycles. The second-order valence-corrected chi connectivity index (χ2v) is 5.76. The summed E-state index contributed by atoms with van der Waals surface area (Å²) in [6.45, 7) is 3.68. The van der Waals surface area contributed by atoms with Gasteiger partial charge in [-0.05, 0) is 25.8 Å². The molecule has 1 aliphatic rings. The number of carbonyl (C=O) groups is 2. The van der Waals surface area contributed by atoms with Crippen molar-refractivity contribution in [2.24, 2.45) is 4.99 Å². The monoisotopic (exact) mass is 360 g/mol. The maximum absolute atomic E-state index is 12.2. The molecule has 1 aliphatic heterocycles. The first-order chi connectivity index (χ1) is 12.4. The van der Waals surface area contributed by atoms with Crippen LogP contribution in [0.2, 0.25) is 0 Å². The van der Waals surface area contributed by atoms with Crippen molar-refractivity contribution in [2.45, 2.75) is 32.6 Å². The molecular weight excluding hydrogens is 340 g/mol. The third kappa shape index (κ3) is 4.33. The number of esters is 2. The SMILES string of the molecule is CCOC(=O)CC1=NC(C)=C(C(=O)OC)C(c2ccc([N+](=O)[O-])cc2)C1. The first-order valence-corrected chi connectivity index (χ1v) is 8.12. The standard InChI is InChI=1S/C18H20N2O6/c1-4-26-16(21)10-13-9-15(17(11(2)19-13)18(22)25-3)12-5-7-14(8-6-12)20(23)24/h5-8,15H,4,9-10H2,1-3H3. The zero-order valence-corrected chi connectivity index (χ0v) is 14.9. The molecule has 1 unspecified atom stereocenters. The predicted molar refractivity (Wildman–Crippen MR) is 93.9 cm³/mol. The van der Waals surface area contributed by atoms with Crippen molar-refractivity contribution in [1.29, 1.82) is 0 Å². The molecule has 0 N–H and O–H groups in total. The van der Waals surface area contributed by atoms with Crippen molar-refractivity contribution >= 4 is 23.3 Å². The minimum Gasteiger partial charge on any atom is -0.466 e. The van der Waals surface area contributed by atoms with E-state index in [0.717, 1.165) is 0 Å². The summed E-state index contributed by atoms with van der Waals surface area (Å²) in [6, 6.07) is 5.98. The van der Waals surface area contributed by atoms with Gasteiger partial charge in [0.1, 0.15) is 0 Å². The molecule has 8 heteroatoms. The lowest BCUT2D eigenvalue weighted by atomic mass is 9.83. The van der Waals surface area contributed by atoms with Crippen LogP contribution in [0.25, 0.3) is 0 Å². The Hall–Kier alpha value is -3.03. The van der Waals surface area contributed by atoms with E-state index >= 15 is 0 Å². The molecule has 0 amide bonds. The van der Waals surface area contributed by atoms with Gasteiger partial charge in [0, 0.05) is 29.5 Å². The Kier molecular flexibility index (Phi) is 6.21. The summed E-state index contributed by atoms with van der Waals surface area (Å²) in [5.74, 6) is -1.29. The summed E-state index contributed by atoms with van der Waals surface area (Å²) in [7, 11) is 1.29. The van der Waals surface area contributed by atoms with E-state index in [4.69, 9.17) is 9.47 Å². The van der Waals surface area contributed by atoms with Crippen LogP contribution < -0.4 is 0 Å². The van der Waals surface area contributed by atoms with Gasteiger partial charge in [-0.1, -0.05) is 12.1 Å². The van der Waals surface area contributed by atoms with E-state index in [9.17, 15) is 19.7 Å². The van der Waals surface area contributed by atoms with Gasteiger partial charge in [0.05, 0.1) is 30.6 Å². The molecule has 1 atom stereocenters. The number of nitro benzene ring substituents is 1. The highest BCUT2D eigenvalue weighted by atomic mass is 16.6. The molecule has 1 aromatic rings. The summed E-state index contributed by atoms with van der Waals surface area (Å²) < 4.78 is 9.82. The van der Waals surface area contributed by atoms with Gasteiger partial charge >= 0.3 is 11.9 Å². The number of ether oxygens (including phenoxy) is 2. The van der Waals surface area contributed by atoms with E-state index in [1.54, 1.807) is 26.0 Å². The third-order valence-electron chi connectivity index (χ3n) is 4.07. The number of allylic oxidation sites excluding steroid dienone is 1. The first-order valence-electron chi connectivity index (χ1n) is 8.12. The van der Waals surface area contributed by atoms with E-state index in [1.807, 2.05) is 0 Å². The normalized spacial score (nSPS) is 16.7. The zero-order chi connectivity index (χ0) is 19.3. The van der Waals surface area contributed by atoms with Crippen LogP contribution in [0.3, 0.4) is 0 Å². The number of rotatable bonds is 6. The minimum atomic E-state index is -0.509. The lowest BCUT2D eigenvalue weighted by molar-refractivity contribution is -0.384. The lowest BCUT2D eigenvalue weighted by Gasteiger charge is -2.25. The van der Waals surface area contributed by atoms with Crippen LogP contribution in [0.15, 0.2) is 40.5 Å². The van der Waals surface area contributed by atoms with Crippen LogP contribution in [-0.4, -0.2) is 36.3 Å². The number of hydrogen-bond acceptors (Lipinski definition) is 7. The predicted octanol–water partition coefficient (Wildman–Crippen LogP) is 2.92. The van der Waals surface area contributed by atoms with Gasteiger partial charge in [0.2, 0.25) is 0 Å². The number of methoxy groups -OCH3 is 1. The molecule has 0 radical (unpaired) electrons. The highest BCUT2D eigenvalue weighted by molar-refractivity contribution is 6.03. The van der Waals surface area contributed by atoms with Crippen molar-refractivity contribution in [3.8, 4) is 0 Å². The summed E-state index contributed by atoms with van der Waals surface area (Å²) in [4.78, 5) is 38.7. The van der Waals surface area contributed by atoms with Gasteiger partial charge in [-0.3, -0.25) is 19.9 Å². The quantitative estimate of drug-likeness (QED) is 0.438. The summed E-state index contributed by atoms with van der Waals surface area (Å²) in [5, 5.41) is 10.8. The highest BCUT2D eigenvalue weighted by Gasteiger charge is 2.31. The third-order valence-corrected chi connectivity index (χ3v) is 4.07. The number of aliphatic imine (C=N–C) groups is 1. The molecule has 2 rings (SSSR count). The summed E-state index contributed by atoms with van der Waals surface area (Å²) >= 11 is 0. The lowest BCUT2D eigenvalue weighted by Crippen LogP contribution is -2.23. The van der Waals surface area contributed by atoms with E-state index in [1.165, 1.54) is 19.2 Å². The highest BCUT2D eigenvalue weighted by Crippen LogP contribution is 2.36. The first kappa shape index (κ1) is 19.3. The molecule has 138 valence electrons. The molecule has 0 aliphatic carbocycles. The minimum absolute atomic E-state index is 0.0309. The van der Waals surface area contributed by atoms with E-state index in [0.29, 0.717) is 29.0 Å². The molecule has 8 nitrogen and oxygen atoms in total. The van der Waals surface area contributed by atoms with Crippen LogP contribution >= 0.6 is 0 Å². The van der Waals surface area contributed by atoms with Crippen molar-refractivity contribution in [3.05, 3.63) is 51.2 Å². The number of non-ortho nitro benzene ring substituents is 1. The number of nitrogens with zero attached hydrogens (tertiary/aromatic N) is 2. The average molecular weight is 360 g/mol. The number of nitro groups is 1. The maximum atomic E-state index is 12.2. The molecule has 0 saturated carbocycles. The van der Waals surface area contributed by atoms with Crippen LogP contribution in [0.5, 0.6) is 0 Å². The number of hydrogen-bond donors (Lipinski definition) is 0. The smallest absolute Gasteiger partial charge is 0.336 e. The second-order valence-electron chi connectivity index (χ2n) is 5.76. The van der Waals surface area contributed by atoms with Crippen molar-refractivity contribution in [1.82, 2.24) is 0 Å². The fourth-order valence-corrected chi connectivity index (χ4v) is 2.94. The fourth-order valence-electron chi connectivity index (χ4n) is 2.94. The topological polar surface area (TPSA) is 108 Å². The molecule has 0 bridgehead atoms. The molecule has 0 spiro atoms. The molecule has 26 heavy (non-hydrogen) atoms. The van der Waals surface area contributed by atoms with Crippen LogP contribution in [0, 0.1) is 10.1 Å². The number of carbonyl (C=O) groups excluding carboxylic acids is 2. The maximum Gasteiger partial charge on any atom is 0.336 e. The Morgan fingerprint density at radius 1 is 1.31 bits per heavy atom. The number of benzene rings is 1.